The van der Waals surface area contributed by atoms with Gasteiger partial charge in [0, 0.05) is 24.3 Å². The van der Waals surface area contributed by atoms with Crippen molar-refractivity contribution >= 4 is 5.97 Å². The second kappa shape index (κ2) is 5.66. The second-order valence-electron chi connectivity index (χ2n) is 7.71. The number of carbonyl (C=O) groups excluding carboxylic acids is 1. The van der Waals surface area contributed by atoms with Crippen LogP contribution in [0.1, 0.15) is 59.5 Å². The van der Waals surface area contributed by atoms with Crippen LogP contribution in [-0.4, -0.2) is 16.9 Å². The smallest absolute Gasteiger partial charge is 0.341 e. The lowest BCUT2D eigenvalue weighted by molar-refractivity contribution is -0.389. The molecule has 26 heavy (non-hydrogen) atoms. The lowest BCUT2D eigenvalue weighted by Gasteiger charge is -2.53. The normalized spacial score (nSPS) is 35.7. The summed E-state index contributed by atoms with van der Waals surface area (Å²) in [5.74, 6) is -2.75. The van der Waals surface area contributed by atoms with Crippen LogP contribution >= 0.6 is 0 Å². The van der Waals surface area contributed by atoms with E-state index < -0.39 is 11.6 Å². The Hall–Kier alpha value is -2.17. The van der Waals surface area contributed by atoms with E-state index in [4.69, 9.17) is 9.47 Å². The van der Waals surface area contributed by atoms with Crippen molar-refractivity contribution in [1.29, 1.82) is 0 Å². The van der Waals surface area contributed by atoms with Crippen molar-refractivity contribution < 1.29 is 19.4 Å². The molecule has 1 saturated carbocycles. The molecule has 2 aliphatic heterocycles. The van der Waals surface area contributed by atoms with E-state index in [1.54, 1.807) is 6.07 Å². The summed E-state index contributed by atoms with van der Waals surface area (Å²) in [6, 6.07) is 17.6. The molecule has 1 N–H and O–H groups in total. The quantitative estimate of drug-likeness (QED) is 0.787. The third-order valence-corrected chi connectivity index (χ3v) is 6.24. The molecular formula is C22H22O4. The van der Waals surface area contributed by atoms with Gasteiger partial charge in [0.05, 0.1) is 5.56 Å². The van der Waals surface area contributed by atoms with Crippen LogP contribution in [0.3, 0.4) is 0 Å². The Morgan fingerprint density at radius 2 is 1.77 bits per heavy atom. The molecule has 1 spiro atoms. The van der Waals surface area contributed by atoms with Crippen molar-refractivity contribution in [2.24, 2.45) is 5.92 Å². The average molecular weight is 350 g/mol. The van der Waals surface area contributed by atoms with Gasteiger partial charge in [-0.15, -0.1) is 0 Å². The number of fused-ring (bicyclic) bond motifs is 3. The maximum absolute atomic E-state index is 12.5. The lowest BCUT2D eigenvalue weighted by atomic mass is 9.67. The summed E-state index contributed by atoms with van der Waals surface area (Å²) in [5, 5.41) is 11.4. The molecule has 4 nitrogen and oxygen atoms in total. The maximum Gasteiger partial charge on any atom is 0.341 e. The predicted molar refractivity (Wildman–Crippen MR) is 95.3 cm³/mol. The molecule has 0 bridgehead atoms. The summed E-state index contributed by atoms with van der Waals surface area (Å²) in [6.45, 7) is 0. The molecule has 2 fully saturated rings. The van der Waals surface area contributed by atoms with Crippen LogP contribution in [-0.2, 0) is 15.3 Å². The summed E-state index contributed by atoms with van der Waals surface area (Å²) in [6.07, 6.45) is 4.03. The number of hydrogen-bond donors (Lipinski definition) is 1. The highest BCUT2D eigenvalue weighted by atomic mass is 16.8. The van der Waals surface area contributed by atoms with Crippen LogP contribution in [0, 0.1) is 5.92 Å². The van der Waals surface area contributed by atoms with Crippen LogP contribution in [0.4, 0.5) is 0 Å². The van der Waals surface area contributed by atoms with Gasteiger partial charge in [0.1, 0.15) is 0 Å². The van der Waals surface area contributed by atoms with E-state index in [2.05, 4.69) is 12.1 Å². The van der Waals surface area contributed by atoms with Gasteiger partial charge in [0.25, 0.3) is 0 Å². The van der Waals surface area contributed by atoms with Gasteiger partial charge in [-0.1, -0.05) is 55.0 Å². The van der Waals surface area contributed by atoms with Crippen molar-refractivity contribution in [3.63, 3.8) is 0 Å². The molecule has 1 aliphatic carbocycles. The number of carbonyl (C=O) groups is 1. The van der Waals surface area contributed by atoms with E-state index in [9.17, 15) is 9.90 Å². The molecule has 5 rings (SSSR count). The lowest BCUT2D eigenvalue weighted by Crippen LogP contribution is -2.56. The molecule has 134 valence electrons. The molecule has 0 amide bonds. The first-order chi connectivity index (χ1) is 12.6. The molecular weight excluding hydrogens is 328 g/mol. The van der Waals surface area contributed by atoms with E-state index in [0.717, 1.165) is 24.8 Å². The Bertz CT molecular complexity index is 848. The highest BCUT2D eigenvalue weighted by Gasteiger charge is 2.61. The number of benzene rings is 2. The third-order valence-electron chi connectivity index (χ3n) is 6.24. The molecule has 3 aliphatic rings. The summed E-state index contributed by atoms with van der Waals surface area (Å²) in [4.78, 5) is 12.5. The fourth-order valence-corrected chi connectivity index (χ4v) is 5.09. The topological polar surface area (TPSA) is 55.8 Å². The first-order valence-corrected chi connectivity index (χ1v) is 9.42. The van der Waals surface area contributed by atoms with Crippen LogP contribution in [0.25, 0.3) is 0 Å². The molecule has 4 unspecified atom stereocenters. The van der Waals surface area contributed by atoms with Gasteiger partial charge in [-0.25, -0.2) is 4.79 Å². The average Bonchev–Trinajstić information content (AvgIpc) is 2.93. The third kappa shape index (κ3) is 2.25. The van der Waals surface area contributed by atoms with Gasteiger partial charge < -0.3 is 14.6 Å². The monoisotopic (exact) mass is 350 g/mol. The molecule has 4 atom stereocenters. The largest absolute Gasteiger partial charge is 0.425 e. The SMILES string of the molecule is O=C1OC2(CC(c3ccccc3)C3CCCCC3(O)O2)c2ccccc21. The molecule has 2 aromatic rings. The highest BCUT2D eigenvalue weighted by molar-refractivity contribution is 5.94. The molecule has 1 saturated heterocycles. The number of ether oxygens (including phenoxy) is 2. The maximum atomic E-state index is 12.5. The van der Waals surface area contributed by atoms with Crippen LogP contribution in [0.5, 0.6) is 0 Å². The Morgan fingerprint density at radius 1 is 1.00 bits per heavy atom. The minimum Gasteiger partial charge on any atom is -0.425 e. The minimum absolute atomic E-state index is 0.00994. The fraction of sp³-hybridized carbons (Fsp3) is 0.409. The van der Waals surface area contributed by atoms with Crippen molar-refractivity contribution in [1.82, 2.24) is 0 Å². The number of aliphatic hydroxyl groups is 1. The molecule has 4 heteroatoms. The zero-order valence-corrected chi connectivity index (χ0v) is 14.6. The summed E-state index contributed by atoms with van der Waals surface area (Å²) < 4.78 is 12.1. The van der Waals surface area contributed by atoms with Crippen molar-refractivity contribution in [3.8, 4) is 0 Å². The molecule has 2 heterocycles. The predicted octanol–water partition coefficient (Wildman–Crippen LogP) is 4.09. The molecule has 0 radical (unpaired) electrons. The summed E-state index contributed by atoms with van der Waals surface area (Å²) in [7, 11) is 0. The number of rotatable bonds is 1. The van der Waals surface area contributed by atoms with E-state index in [1.165, 1.54) is 5.56 Å². The first-order valence-electron chi connectivity index (χ1n) is 9.42. The van der Waals surface area contributed by atoms with Gasteiger partial charge in [-0.05, 0) is 30.4 Å². The standard InChI is InChI=1S/C22H22O4/c23-20-16-10-4-5-12-19(16)22(25-20)14-17(15-8-2-1-3-9-15)18-11-6-7-13-21(18,24)26-22/h1-5,8-10,12,17-18,24H,6-7,11,13-14H2. The van der Waals surface area contributed by atoms with Gasteiger partial charge in [0.15, 0.2) is 5.79 Å². The van der Waals surface area contributed by atoms with E-state index in [-0.39, 0.29) is 17.8 Å². The zero-order chi connectivity index (χ0) is 17.8. The van der Waals surface area contributed by atoms with Crippen LogP contribution in [0.15, 0.2) is 54.6 Å². The van der Waals surface area contributed by atoms with Crippen LogP contribution < -0.4 is 0 Å². The second-order valence-corrected chi connectivity index (χ2v) is 7.71. The number of hydrogen-bond acceptors (Lipinski definition) is 4. The first kappa shape index (κ1) is 16.0. The minimum atomic E-state index is -1.27. The molecule has 0 aromatic heterocycles. The Kier molecular flexibility index (Phi) is 3.49. The Labute approximate surface area is 152 Å². The van der Waals surface area contributed by atoms with E-state index in [0.29, 0.717) is 18.4 Å². The van der Waals surface area contributed by atoms with Crippen molar-refractivity contribution in [3.05, 3.63) is 71.3 Å². The summed E-state index contributed by atoms with van der Waals surface area (Å²) in [5.41, 5.74) is 2.45. The zero-order valence-electron chi connectivity index (χ0n) is 14.6. The van der Waals surface area contributed by atoms with Crippen molar-refractivity contribution in [2.75, 3.05) is 0 Å². The van der Waals surface area contributed by atoms with Gasteiger partial charge in [0.2, 0.25) is 5.79 Å². The van der Waals surface area contributed by atoms with Gasteiger partial charge in [-0.3, -0.25) is 0 Å². The fourth-order valence-electron chi connectivity index (χ4n) is 5.09. The van der Waals surface area contributed by atoms with Crippen LogP contribution in [0.2, 0.25) is 0 Å². The Morgan fingerprint density at radius 3 is 2.62 bits per heavy atom. The van der Waals surface area contributed by atoms with Gasteiger partial charge >= 0.3 is 5.97 Å². The summed E-state index contributed by atoms with van der Waals surface area (Å²) >= 11 is 0. The van der Waals surface area contributed by atoms with E-state index in [1.807, 2.05) is 36.4 Å². The van der Waals surface area contributed by atoms with E-state index >= 15 is 0 Å². The highest BCUT2D eigenvalue weighted by Crippen LogP contribution is 2.58. The van der Waals surface area contributed by atoms with Crippen molar-refractivity contribution in [2.45, 2.75) is 49.6 Å². The number of esters is 1. The molecule has 2 aromatic carbocycles. The Balaban J connectivity index is 1.64. The van der Waals surface area contributed by atoms with Gasteiger partial charge in [-0.2, -0.15) is 0 Å².